The van der Waals surface area contributed by atoms with E-state index in [1.807, 2.05) is 6.92 Å². The summed E-state index contributed by atoms with van der Waals surface area (Å²) in [7, 11) is -4.04. The maximum Gasteiger partial charge on any atom is 0.264 e. The number of halogens is 1. The van der Waals surface area contributed by atoms with Crippen LogP contribution in [0.3, 0.4) is 0 Å². The Hall–Kier alpha value is -3.82. The van der Waals surface area contributed by atoms with Crippen molar-refractivity contribution in [3.05, 3.63) is 96.0 Å². The third-order valence-corrected chi connectivity index (χ3v) is 6.80. The highest BCUT2D eigenvalue weighted by molar-refractivity contribution is 7.92. The minimum atomic E-state index is -4.04. The molecule has 0 aromatic heterocycles. The number of nitrogens with one attached hydrogen (secondary N) is 1. The van der Waals surface area contributed by atoms with Gasteiger partial charge in [0.2, 0.25) is 0 Å². The molecule has 10 heteroatoms. The van der Waals surface area contributed by atoms with Gasteiger partial charge in [0.1, 0.15) is 13.2 Å². The van der Waals surface area contributed by atoms with Gasteiger partial charge in [-0.3, -0.25) is 9.10 Å². The summed E-state index contributed by atoms with van der Waals surface area (Å²) in [5, 5.41) is 4.37. The van der Waals surface area contributed by atoms with Crippen LogP contribution in [-0.4, -0.2) is 40.3 Å². The van der Waals surface area contributed by atoms with E-state index in [9.17, 15) is 13.2 Å². The molecule has 0 aliphatic heterocycles. The molecule has 0 radical (unpaired) electrons. The standard InChI is InChI=1S/C26H26ClN3O5S/c1-3-16-35-24-15-10-20(17-25(24)34-4-2)18-28-29-26(31)19-30(22-8-6-5-7-9-22)36(32,33)23-13-11-21(27)12-14-23/h3,5-15,17-18H,1,4,16,19H2,2H3,(H,29,31)/b28-18-. The number of hydrogen-bond donors (Lipinski definition) is 1. The van der Waals surface area contributed by atoms with Crippen LogP contribution in [0.25, 0.3) is 0 Å². The summed E-state index contributed by atoms with van der Waals surface area (Å²) in [6.45, 7) is 5.78. The van der Waals surface area contributed by atoms with Gasteiger partial charge in [-0.25, -0.2) is 13.8 Å². The zero-order valence-electron chi connectivity index (χ0n) is 19.6. The smallest absolute Gasteiger partial charge is 0.264 e. The van der Waals surface area contributed by atoms with Gasteiger partial charge in [0.15, 0.2) is 11.5 Å². The molecule has 3 aromatic carbocycles. The SMILES string of the molecule is C=CCOc1ccc(/C=N\NC(=O)CN(c2ccccc2)S(=O)(=O)c2ccc(Cl)cc2)cc1OCC. The van der Waals surface area contributed by atoms with Crippen LogP contribution in [0.5, 0.6) is 11.5 Å². The van der Waals surface area contributed by atoms with Crippen molar-refractivity contribution in [2.75, 3.05) is 24.1 Å². The number of nitrogens with zero attached hydrogens (tertiary/aromatic N) is 2. The number of benzene rings is 3. The lowest BCUT2D eigenvalue weighted by molar-refractivity contribution is -0.119. The minimum Gasteiger partial charge on any atom is -0.490 e. The molecule has 1 amide bonds. The van der Waals surface area contributed by atoms with Crippen molar-refractivity contribution >= 4 is 39.4 Å². The van der Waals surface area contributed by atoms with Crippen LogP contribution in [0.4, 0.5) is 5.69 Å². The second-order valence-electron chi connectivity index (χ2n) is 7.33. The maximum absolute atomic E-state index is 13.3. The summed E-state index contributed by atoms with van der Waals surface area (Å²) < 4.78 is 38.8. The van der Waals surface area contributed by atoms with Crippen LogP contribution in [0, 0.1) is 0 Å². The normalized spacial score (nSPS) is 11.2. The number of hydrogen-bond acceptors (Lipinski definition) is 6. The lowest BCUT2D eigenvalue weighted by atomic mass is 10.2. The maximum atomic E-state index is 13.3. The highest BCUT2D eigenvalue weighted by Gasteiger charge is 2.27. The number of rotatable bonds is 12. The predicted molar refractivity (Wildman–Crippen MR) is 141 cm³/mol. The van der Waals surface area contributed by atoms with E-state index >= 15 is 0 Å². The van der Waals surface area contributed by atoms with Crippen molar-refractivity contribution in [3.63, 3.8) is 0 Å². The van der Waals surface area contributed by atoms with Gasteiger partial charge in [-0.05, 0) is 67.1 Å². The Balaban J connectivity index is 1.76. The molecule has 0 heterocycles. The van der Waals surface area contributed by atoms with Gasteiger partial charge in [0.25, 0.3) is 15.9 Å². The Morgan fingerprint density at radius 2 is 1.78 bits per heavy atom. The summed E-state index contributed by atoms with van der Waals surface area (Å²) >= 11 is 5.90. The number of ether oxygens (including phenoxy) is 2. The van der Waals surface area contributed by atoms with E-state index < -0.39 is 22.5 Å². The predicted octanol–water partition coefficient (Wildman–Crippen LogP) is 4.65. The molecular formula is C26H26ClN3O5S. The molecule has 0 atom stereocenters. The second kappa shape index (κ2) is 12.8. The molecular weight excluding hydrogens is 502 g/mol. The Labute approximate surface area is 215 Å². The number of carbonyl (C=O) groups is 1. The molecule has 188 valence electrons. The highest BCUT2D eigenvalue weighted by Crippen LogP contribution is 2.28. The Morgan fingerprint density at radius 1 is 1.06 bits per heavy atom. The van der Waals surface area contributed by atoms with Crippen molar-refractivity contribution < 1.29 is 22.7 Å². The Bertz CT molecular complexity index is 1310. The van der Waals surface area contributed by atoms with Crippen molar-refractivity contribution in [2.45, 2.75) is 11.8 Å². The van der Waals surface area contributed by atoms with Gasteiger partial charge >= 0.3 is 0 Å². The lowest BCUT2D eigenvalue weighted by Crippen LogP contribution is -2.39. The molecule has 0 aliphatic carbocycles. The Morgan fingerprint density at radius 3 is 2.44 bits per heavy atom. The number of para-hydroxylation sites is 1. The molecule has 0 bridgehead atoms. The second-order valence-corrected chi connectivity index (χ2v) is 9.63. The largest absolute Gasteiger partial charge is 0.490 e. The first-order chi connectivity index (χ1) is 17.3. The van der Waals surface area contributed by atoms with E-state index in [0.29, 0.717) is 41.0 Å². The molecule has 0 saturated heterocycles. The number of sulfonamides is 1. The topological polar surface area (TPSA) is 97.3 Å². The molecule has 3 aromatic rings. The van der Waals surface area contributed by atoms with Crippen molar-refractivity contribution in [2.24, 2.45) is 5.10 Å². The molecule has 0 spiro atoms. The lowest BCUT2D eigenvalue weighted by Gasteiger charge is -2.23. The average molecular weight is 528 g/mol. The van der Waals surface area contributed by atoms with E-state index in [4.69, 9.17) is 21.1 Å². The van der Waals surface area contributed by atoms with E-state index in [2.05, 4.69) is 17.1 Å². The van der Waals surface area contributed by atoms with Gasteiger partial charge in [0.05, 0.1) is 23.4 Å². The van der Waals surface area contributed by atoms with E-state index in [1.165, 1.54) is 30.5 Å². The third-order valence-electron chi connectivity index (χ3n) is 4.76. The third kappa shape index (κ3) is 7.10. The van der Waals surface area contributed by atoms with Gasteiger partial charge in [0, 0.05) is 5.02 Å². The first-order valence-corrected chi connectivity index (χ1v) is 12.8. The summed E-state index contributed by atoms with van der Waals surface area (Å²) in [4.78, 5) is 12.7. The summed E-state index contributed by atoms with van der Waals surface area (Å²) in [6.07, 6.45) is 3.06. The monoisotopic (exact) mass is 527 g/mol. The minimum absolute atomic E-state index is 0.00858. The van der Waals surface area contributed by atoms with Crippen LogP contribution < -0.4 is 19.2 Å². The molecule has 0 saturated carbocycles. The van der Waals surface area contributed by atoms with Crippen molar-refractivity contribution in [1.82, 2.24) is 5.43 Å². The zero-order valence-corrected chi connectivity index (χ0v) is 21.2. The van der Waals surface area contributed by atoms with Gasteiger partial charge in [-0.15, -0.1) is 0 Å². The molecule has 1 N–H and O–H groups in total. The molecule has 8 nitrogen and oxygen atoms in total. The van der Waals surface area contributed by atoms with Gasteiger partial charge < -0.3 is 9.47 Å². The molecule has 0 unspecified atom stereocenters. The van der Waals surface area contributed by atoms with Crippen LogP contribution >= 0.6 is 11.6 Å². The van der Waals surface area contributed by atoms with Crippen molar-refractivity contribution in [1.29, 1.82) is 0 Å². The summed E-state index contributed by atoms with van der Waals surface area (Å²) in [6, 6.07) is 19.3. The van der Waals surface area contributed by atoms with Gasteiger partial charge in [-0.1, -0.05) is 42.5 Å². The van der Waals surface area contributed by atoms with Crippen LogP contribution in [0.1, 0.15) is 12.5 Å². The fourth-order valence-corrected chi connectivity index (χ4v) is 4.68. The fourth-order valence-electron chi connectivity index (χ4n) is 3.13. The van der Waals surface area contributed by atoms with Crippen LogP contribution in [0.15, 0.2) is 95.4 Å². The van der Waals surface area contributed by atoms with E-state index in [0.717, 1.165) is 4.31 Å². The Kier molecular flexibility index (Phi) is 9.49. The fraction of sp³-hybridized carbons (Fsp3) is 0.154. The first kappa shape index (κ1) is 26.8. The molecule has 36 heavy (non-hydrogen) atoms. The number of amides is 1. The van der Waals surface area contributed by atoms with E-state index in [1.54, 1.807) is 54.6 Å². The molecule has 3 rings (SSSR count). The number of anilines is 1. The van der Waals surface area contributed by atoms with Crippen LogP contribution in [0.2, 0.25) is 5.02 Å². The van der Waals surface area contributed by atoms with Crippen molar-refractivity contribution in [3.8, 4) is 11.5 Å². The number of hydrazone groups is 1. The summed E-state index contributed by atoms with van der Waals surface area (Å²) in [5.74, 6) is 0.464. The van der Waals surface area contributed by atoms with Gasteiger partial charge in [-0.2, -0.15) is 5.10 Å². The zero-order chi connectivity index (χ0) is 26.0. The first-order valence-electron chi connectivity index (χ1n) is 11.0. The molecule has 0 fully saturated rings. The number of carbonyl (C=O) groups excluding carboxylic acids is 1. The van der Waals surface area contributed by atoms with E-state index in [-0.39, 0.29) is 4.90 Å². The molecule has 0 aliphatic rings. The summed E-state index contributed by atoms with van der Waals surface area (Å²) in [5.41, 5.74) is 3.37. The van der Waals surface area contributed by atoms with Crippen LogP contribution in [-0.2, 0) is 14.8 Å². The quantitative estimate of drug-likeness (QED) is 0.210. The highest BCUT2D eigenvalue weighted by atomic mass is 35.5. The average Bonchev–Trinajstić information content (AvgIpc) is 2.87.